The van der Waals surface area contributed by atoms with E-state index in [-0.39, 0.29) is 10.7 Å². The largest absolute Gasteiger partial charge is 0.340 e. The lowest BCUT2D eigenvalue weighted by molar-refractivity contribution is -0.136. The van der Waals surface area contributed by atoms with Gasteiger partial charge in [0.1, 0.15) is 0 Å². The van der Waals surface area contributed by atoms with Crippen molar-refractivity contribution >= 4 is 17.7 Å². The average molecular weight is 308 g/mol. The van der Waals surface area contributed by atoms with Crippen LogP contribution in [0.4, 0.5) is 0 Å². The van der Waals surface area contributed by atoms with E-state index in [0.717, 1.165) is 62.3 Å². The number of thioether (sulfide) groups is 1. The molecule has 6 heteroatoms. The van der Waals surface area contributed by atoms with Gasteiger partial charge in [-0.25, -0.2) is 0 Å². The molecule has 1 aliphatic carbocycles. The van der Waals surface area contributed by atoms with Crippen molar-refractivity contribution in [3.8, 4) is 0 Å². The van der Waals surface area contributed by atoms with Gasteiger partial charge in [-0.15, -0.1) is 0 Å². The number of hydrogen-bond acceptors (Lipinski definition) is 4. The fourth-order valence-electron chi connectivity index (χ4n) is 3.46. The summed E-state index contributed by atoms with van der Waals surface area (Å²) in [6.45, 7) is 6.29. The van der Waals surface area contributed by atoms with E-state index in [0.29, 0.717) is 5.91 Å². The van der Waals surface area contributed by atoms with Crippen LogP contribution in [0.5, 0.6) is 0 Å². The van der Waals surface area contributed by atoms with Gasteiger partial charge in [-0.1, -0.05) is 13.8 Å². The Morgan fingerprint density at radius 1 is 1.38 bits per heavy atom. The van der Waals surface area contributed by atoms with Crippen molar-refractivity contribution in [3.63, 3.8) is 0 Å². The quantitative estimate of drug-likeness (QED) is 0.928. The molecule has 21 heavy (non-hydrogen) atoms. The van der Waals surface area contributed by atoms with Gasteiger partial charge in [-0.3, -0.25) is 4.79 Å². The summed E-state index contributed by atoms with van der Waals surface area (Å²) in [5, 5.41) is 11.0. The smallest absolute Gasteiger partial charge is 0.226 e. The first-order valence-corrected chi connectivity index (χ1v) is 8.97. The third kappa shape index (κ3) is 2.82. The zero-order chi connectivity index (χ0) is 14.9. The third-order valence-corrected chi connectivity index (χ3v) is 6.78. The predicted molar refractivity (Wildman–Crippen MR) is 84.2 cm³/mol. The number of nitrogens with one attached hydrogen (secondary N) is 1. The van der Waals surface area contributed by atoms with Crippen LogP contribution in [-0.2, 0) is 17.6 Å². The van der Waals surface area contributed by atoms with E-state index < -0.39 is 0 Å². The molecular weight excluding hydrogens is 284 g/mol. The molecule has 1 atom stereocenters. The zero-order valence-corrected chi connectivity index (χ0v) is 13.7. The minimum atomic E-state index is 0.0945. The van der Waals surface area contributed by atoms with Crippen LogP contribution in [0.25, 0.3) is 0 Å². The lowest BCUT2D eigenvalue weighted by Crippen LogP contribution is -2.50. The topological polar surface area (TPSA) is 61.9 Å². The van der Waals surface area contributed by atoms with Crippen LogP contribution in [0.1, 0.15) is 44.5 Å². The van der Waals surface area contributed by atoms with Crippen LogP contribution in [0.15, 0.2) is 0 Å². The number of rotatable bonds is 3. The van der Waals surface area contributed by atoms with Crippen LogP contribution in [0.3, 0.4) is 0 Å². The van der Waals surface area contributed by atoms with E-state index in [1.807, 2.05) is 11.8 Å². The summed E-state index contributed by atoms with van der Waals surface area (Å²) in [6.07, 6.45) is 4.80. The zero-order valence-electron chi connectivity index (χ0n) is 12.9. The minimum absolute atomic E-state index is 0.0945. The van der Waals surface area contributed by atoms with Crippen LogP contribution in [0, 0.1) is 5.92 Å². The monoisotopic (exact) mass is 308 g/mol. The first-order valence-electron chi connectivity index (χ1n) is 7.98. The molecule has 1 saturated heterocycles. The Morgan fingerprint density at radius 2 is 2.14 bits per heavy atom. The van der Waals surface area contributed by atoms with Crippen molar-refractivity contribution in [3.05, 3.63) is 11.4 Å². The minimum Gasteiger partial charge on any atom is -0.340 e. The number of aromatic amines is 1. The molecule has 1 N–H and O–H groups in total. The lowest BCUT2D eigenvalue weighted by Gasteiger charge is -2.42. The molecule has 2 aliphatic rings. The normalized spacial score (nSPS) is 24.7. The van der Waals surface area contributed by atoms with Gasteiger partial charge in [-0.2, -0.15) is 27.2 Å². The van der Waals surface area contributed by atoms with Crippen molar-refractivity contribution in [2.24, 2.45) is 5.92 Å². The Labute approximate surface area is 130 Å². The number of H-pyrrole nitrogens is 1. The van der Waals surface area contributed by atoms with Crippen molar-refractivity contribution in [2.45, 2.75) is 50.7 Å². The lowest BCUT2D eigenvalue weighted by atomic mass is 9.88. The Morgan fingerprint density at radius 3 is 2.90 bits per heavy atom. The maximum Gasteiger partial charge on any atom is 0.226 e. The summed E-state index contributed by atoms with van der Waals surface area (Å²) in [7, 11) is 0. The van der Waals surface area contributed by atoms with E-state index in [9.17, 15) is 4.79 Å². The van der Waals surface area contributed by atoms with Gasteiger partial charge in [0.15, 0.2) is 0 Å². The molecule has 1 unspecified atom stereocenters. The highest BCUT2D eigenvalue weighted by atomic mass is 32.2. The molecule has 0 spiro atoms. The van der Waals surface area contributed by atoms with E-state index in [1.54, 1.807) is 0 Å². The number of aryl methyl sites for hydroxylation is 1. The van der Waals surface area contributed by atoms with Crippen LogP contribution in [0.2, 0.25) is 0 Å². The molecule has 0 bridgehead atoms. The number of nitrogens with zero attached hydrogens (tertiary/aromatic N) is 3. The number of carbonyl (C=O) groups is 1. The van der Waals surface area contributed by atoms with E-state index >= 15 is 0 Å². The van der Waals surface area contributed by atoms with E-state index in [1.165, 1.54) is 0 Å². The number of amides is 1. The molecule has 3 rings (SSSR count). The highest BCUT2D eigenvalue weighted by Crippen LogP contribution is 2.37. The van der Waals surface area contributed by atoms with Gasteiger partial charge in [0.25, 0.3) is 0 Å². The average Bonchev–Trinajstić information content (AvgIpc) is 3.01. The number of carbonyl (C=O) groups excluding carboxylic acids is 1. The predicted octanol–water partition coefficient (Wildman–Crippen LogP) is 2.04. The second kappa shape index (κ2) is 5.99. The molecule has 0 saturated carbocycles. The van der Waals surface area contributed by atoms with Gasteiger partial charge >= 0.3 is 0 Å². The molecule has 2 heterocycles. The molecule has 1 aromatic heterocycles. The second-order valence-corrected chi connectivity index (χ2v) is 7.72. The van der Waals surface area contributed by atoms with Gasteiger partial charge in [0, 0.05) is 35.9 Å². The molecule has 0 radical (unpaired) electrons. The number of aromatic nitrogens is 3. The molecule has 1 fully saturated rings. The number of fused-ring (bicyclic) bond motifs is 1. The van der Waals surface area contributed by atoms with Gasteiger partial charge in [-0.05, 0) is 25.7 Å². The summed E-state index contributed by atoms with van der Waals surface area (Å²) >= 11 is 2.05. The van der Waals surface area contributed by atoms with Crippen molar-refractivity contribution < 1.29 is 4.79 Å². The molecule has 116 valence electrons. The highest BCUT2D eigenvalue weighted by molar-refractivity contribution is 8.00. The van der Waals surface area contributed by atoms with E-state index in [2.05, 4.69) is 34.2 Å². The first-order chi connectivity index (χ1) is 10.2. The first kappa shape index (κ1) is 14.9. The molecule has 1 amide bonds. The SMILES string of the molecule is CCC1(CC)CN(C(=O)C2CCc3n[nH]nc3C2)CCS1. The number of hydrogen-bond donors (Lipinski definition) is 1. The maximum atomic E-state index is 12.9. The van der Waals surface area contributed by atoms with Crippen LogP contribution in [-0.4, -0.2) is 49.8 Å². The molecule has 0 aromatic carbocycles. The van der Waals surface area contributed by atoms with Gasteiger partial charge in [0.2, 0.25) is 5.91 Å². The van der Waals surface area contributed by atoms with Crippen molar-refractivity contribution in [1.29, 1.82) is 0 Å². The Balaban J connectivity index is 1.68. The summed E-state index contributed by atoms with van der Waals surface area (Å²) < 4.78 is 0.266. The second-order valence-electron chi connectivity index (χ2n) is 6.16. The fraction of sp³-hybridized carbons (Fsp3) is 0.800. The fourth-order valence-corrected chi connectivity index (χ4v) is 4.86. The van der Waals surface area contributed by atoms with Crippen LogP contribution < -0.4 is 0 Å². The Bertz CT molecular complexity index is 512. The summed E-state index contributed by atoms with van der Waals surface area (Å²) in [5.41, 5.74) is 2.04. The van der Waals surface area contributed by atoms with Gasteiger partial charge in [0.05, 0.1) is 11.4 Å². The molecule has 5 nitrogen and oxygen atoms in total. The standard InChI is InChI=1S/C15H24N4OS/c1-3-15(4-2)10-19(7-8-21-15)14(20)11-5-6-12-13(9-11)17-18-16-12/h11H,3-10H2,1-2H3,(H,16,17,18). The van der Waals surface area contributed by atoms with Gasteiger partial charge < -0.3 is 4.90 Å². The maximum absolute atomic E-state index is 12.9. The Kier molecular flexibility index (Phi) is 4.24. The highest BCUT2D eigenvalue weighted by Gasteiger charge is 2.38. The molecular formula is C15H24N4OS. The van der Waals surface area contributed by atoms with E-state index in [4.69, 9.17) is 0 Å². The van der Waals surface area contributed by atoms with Crippen molar-refractivity contribution in [2.75, 3.05) is 18.8 Å². The third-order valence-electron chi connectivity index (χ3n) is 5.07. The Hall–Kier alpha value is -1.04. The molecule has 1 aromatic rings. The summed E-state index contributed by atoms with van der Waals surface area (Å²) in [6, 6.07) is 0. The molecule has 1 aliphatic heterocycles. The summed E-state index contributed by atoms with van der Waals surface area (Å²) in [4.78, 5) is 15.0. The van der Waals surface area contributed by atoms with Crippen molar-refractivity contribution in [1.82, 2.24) is 20.3 Å². The van der Waals surface area contributed by atoms with Crippen LogP contribution >= 0.6 is 11.8 Å². The summed E-state index contributed by atoms with van der Waals surface area (Å²) in [5.74, 6) is 1.49.